The monoisotopic (exact) mass is 239 g/mol. The molecular weight excluding hydrogens is 228 g/mol. The van der Waals surface area contributed by atoms with Crippen molar-refractivity contribution in [2.24, 2.45) is 0 Å². The molecule has 0 radical (unpaired) electrons. The molecular formula is C12H11F2NO2. The van der Waals surface area contributed by atoms with E-state index in [4.69, 9.17) is 5.11 Å². The average molecular weight is 239 g/mol. The topological polar surface area (TPSA) is 49.3 Å². The second kappa shape index (κ2) is 5.97. The molecule has 0 spiro atoms. The third-order valence-electron chi connectivity index (χ3n) is 2.00. The third kappa shape index (κ3) is 3.54. The Balaban J connectivity index is 3.00. The lowest BCUT2D eigenvalue weighted by atomic mass is 10.1. The van der Waals surface area contributed by atoms with Gasteiger partial charge in [0, 0.05) is 13.0 Å². The molecule has 0 saturated heterocycles. The molecule has 0 aliphatic carbocycles. The highest BCUT2D eigenvalue weighted by Crippen LogP contribution is 2.14. The molecule has 0 fully saturated rings. The van der Waals surface area contributed by atoms with Gasteiger partial charge in [-0.05, 0) is 19.2 Å². The minimum absolute atomic E-state index is 0.397. The van der Waals surface area contributed by atoms with Crippen molar-refractivity contribution in [2.45, 2.75) is 6.42 Å². The number of carbonyl (C=O) groups is 1. The third-order valence-corrected chi connectivity index (χ3v) is 2.00. The predicted octanol–water partition coefficient (Wildman–Crippen LogP) is 1.62. The maximum atomic E-state index is 13.4. The summed E-state index contributed by atoms with van der Waals surface area (Å²) in [5.41, 5.74) is -0.827. The van der Waals surface area contributed by atoms with Gasteiger partial charge < -0.3 is 10.4 Å². The molecule has 0 amide bonds. The van der Waals surface area contributed by atoms with Gasteiger partial charge in [0.25, 0.3) is 0 Å². The summed E-state index contributed by atoms with van der Waals surface area (Å²) in [6.45, 7) is 0.615. The van der Waals surface area contributed by atoms with Gasteiger partial charge in [-0.15, -0.1) is 0 Å². The van der Waals surface area contributed by atoms with Gasteiger partial charge in [-0.25, -0.2) is 13.6 Å². The Bertz CT molecular complexity index is 466. The summed E-state index contributed by atoms with van der Waals surface area (Å²) >= 11 is 0. The summed E-state index contributed by atoms with van der Waals surface area (Å²) in [7, 11) is 1.74. The summed E-state index contributed by atoms with van der Waals surface area (Å²) in [4.78, 5) is 10.5. The fourth-order valence-electron chi connectivity index (χ4n) is 1.15. The molecule has 0 atom stereocenters. The zero-order valence-electron chi connectivity index (χ0n) is 9.18. The van der Waals surface area contributed by atoms with E-state index in [-0.39, 0.29) is 0 Å². The lowest BCUT2D eigenvalue weighted by molar-refractivity contribution is 0.0695. The minimum Gasteiger partial charge on any atom is -0.478 e. The van der Waals surface area contributed by atoms with Gasteiger partial charge in [0.05, 0.1) is 11.1 Å². The second-order valence-electron chi connectivity index (χ2n) is 3.28. The van der Waals surface area contributed by atoms with Crippen molar-refractivity contribution in [1.82, 2.24) is 5.32 Å². The van der Waals surface area contributed by atoms with Crippen molar-refractivity contribution in [3.63, 3.8) is 0 Å². The van der Waals surface area contributed by atoms with Gasteiger partial charge in [-0.1, -0.05) is 11.8 Å². The minimum atomic E-state index is -1.38. The van der Waals surface area contributed by atoms with E-state index < -0.39 is 28.7 Å². The Labute approximate surface area is 97.5 Å². The normalized spacial score (nSPS) is 9.59. The highest BCUT2D eigenvalue weighted by atomic mass is 19.1. The van der Waals surface area contributed by atoms with Crippen molar-refractivity contribution >= 4 is 5.97 Å². The van der Waals surface area contributed by atoms with E-state index >= 15 is 0 Å². The van der Waals surface area contributed by atoms with Crippen LogP contribution in [0.2, 0.25) is 0 Å². The molecule has 17 heavy (non-hydrogen) atoms. The largest absolute Gasteiger partial charge is 0.478 e. The molecule has 1 rings (SSSR count). The van der Waals surface area contributed by atoms with Crippen LogP contribution >= 0.6 is 0 Å². The van der Waals surface area contributed by atoms with Crippen LogP contribution in [0.15, 0.2) is 12.1 Å². The van der Waals surface area contributed by atoms with Gasteiger partial charge in [0.15, 0.2) is 0 Å². The number of aromatic carboxylic acids is 1. The molecule has 1 aromatic rings. The van der Waals surface area contributed by atoms with Gasteiger partial charge >= 0.3 is 5.97 Å². The van der Waals surface area contributed by atoms with Crippen LogP contribution in [0.4, 0.5) is 8.78 Å². The number of rotatable bonds is 3. The first kappa shape index (κ1) is 13.1. The number of hydrogen-bond donors (Lipinski definition) is 2. The van der Waals surface area contributed by atoms with Gasteiger partial charge in [0.2, 0.25) is 0 Å². The van der Waals surface area contributed by atoms with E-state index in [0.29, 0.717) is 13.0 Å². The Hall–Kier alpha value is -1.93. The maximum Gasteiger partial charge on any atom is 0.335 e. The Morgan fingerprint density at radius 2 is 2.00 bits per heavy atom. The highest BCUT2D eigenvalue weighted by molar-refractivity contribution is 5.87. The predicted molar refractivity (Wildman–Crippen MR) is 58.7 cm³/mol. The molecule has 5 heteroatoms. The molecule has 0 aromatic heterocycles. The van der Waals surface area contributed by atoms with E-state index in [2.05, 4.69) is 17.2 Å². The zero-order valence-corrected chi connectivity index (χ0v) is 9.18. The molecule has 3 nitrogen and oxygen atoms in total. The molecule has 2 N–H and O–H groups in total. The number of carboxylic acids is 1. The van der Waals surface area contributed by atoms with E-state index in [1.54, 1.807) is 7.05 Å². The van der Waals surface area contributed by atoms with Crippen molar-refractivity contribution < 1.29 is 18.7 Å². The van der Waals surface area contributed by atoms with Crippen LogP contribution in [-0.4, -0.2) is 24.7 Å². The van der Waals surface area contributed by atoms with Crippen LogP contribution in [0.3, 0.4) is 0 Å². The average Bonchev–Trinajstić information content (AvgIpc) is 2.26. The summed E-state index contributed by atoms with van der Waals surface area (Å²) < 4.78 is 26.7. The SMILES string of the molecule is CNCCC#Cc1c(F)cc(C(=O)O)cc1F. The maximum absolute atomic E-state index is 13.4. The first-order valence-electron chi connectivity index (χ1n) is 4.92. The van der Waals surface area contributed by atoms with Crippen LogP contribution in [0.5, 0.6) is 0 Å². The molecule has 0 aliphatic heterocycles. The summed E-state index contributed by atoms with van der Waals surface area (Å²) in [6, 6.07) is 1.51. The Kier molecular flexibility index (Phi) is 4.61. The molecule has 0 heterocycles. The number of nitrogens with one attached hydrogen (secondary N) is 1. The number of benzene rings is 1. The Morgan fingerprint density at radius 3 is 2.47 bits per heavy atom. The van der Waals surface area contributed by atoms with Crippen molar-refractivity contribution in [1.29, 1.82) is 0 Å². The lowest BCUT2D eigenvalue weighted by Gasteiger charge is -1.99. The second-order valence-corrected chi connectivity index (χ2v) is 3.28. The van der Waals surface area contributed by atoms with E-state index in [1.807, 2.05) is 0 Å². The van der Waals surface area contributed by atoms with E-state index in [9.17, 15) is 13.6 Å². The van der Waals surface area contributed by atoms with Crippen molar-refractivity contribution in [3.8, 4) is 11.8 Å². The van der Waals surface area contributed by atoms with Crippen LogP contribution in [0.25, 0.3) is 0 Å². The van der Waals surface area contributed by atoms with Crippen LogP contribution in [0, 0.1) is 23.5 Å². The number of hydrogen-bond acceptors (Lipinski definition) is 2. The molecule has 90 valence electrons. The van der Waals surface area contributed by atoms with Gasteiger partial charge in [-0.2, -0.15) is 0 Å². The van der Waals surface area contributed by atoms with Crippen LogP contribution in [0.1, 0.15) is 22.3 Å². The smallest absolute Gasteiger partial charge is 0.335 e. The summed E-state index contributed by atoms with van der Waals surface area (Å²) in [5.74, 6) is 1.65. The van der Waals surface area contributed by atoms with Gasteiger partial charge in [0.1, 0.15) is 11.6 Å². The molecule has 0 aliphatic rings. The van der Waals surface area contributed by atoms with E-state index in [0.717, 1.165) is 12.1 Å². The number of carboxylic acid groups (broad SMARTS) is 1. The summed E-state index contributed by atoms with van der Waals surface area (Å²) in [5, 5.41) is 11.4. The van der Waals surface area contributed by atoms with E-state index in [1.165, 1.54) is 0 Å². The van der Waals surface area contributed by atoms with Crippen LogP contribution < -0.4 is 5.32 Å². The first-order valence-corrected chi connectivity index (χ1v) is 4.92. The zero-order chi connectivity index (χ0) is 12.8. The molecule has 1 aromatic carbocycles. The quantitative estimate of drug-likeness (QED) is 0.622. The lowest BCUT2D eigenvalue weighted by Crippen LogP contribution is -2.06. The van der Waals surface area contributed by atoms with Crippen molar-refractivity contribution in [2.75, 3.05) is 13.6 Å². The van der Waals surface area contributed by atoms with Crippen molar-refractivity contribution in [3.05, 3.63) is 34.9 Å². The Morgan fingerprint density at radius 1 is 1.41 bits per heavy atom. The van der Waals surface area contributed by atoms with Gasteiger partial charge in [-0.3, -0.25) is 0 Å². The van der Waals surface area contributed by atoms with Crippen LogP contribution in [-0.2, 0) is 0 Å². The molecule has 0 saturated carbocycles. The first-order chi connectivity index (χ1) is 8.06. The standard InChI is InChI=1S/C12H11F2NO2/c1-15-5-3-2-4-9-10(13)6-8(12(16)17)7-11(9)14/h6-7,15H,3,5H2,1H3,(H,16,17). The summed E-state index contributed by atoms with van der Waals surface area (Å²) in [6.07, 6.45) is 0.454. The molecule has 0 bridgehead atoms. The highest BCUT2D eigenvalue weighted by Gasteiger charge is 2.12. The fourth-order valence-corrected chi connectivity index (χ4v) is 1.15. The number of halogens is 2. The molecule has 0 unspecified atom stereocenters. The fraction of sp³-hybridized carbons (Fsp3) is 0.250.